The van der Waals surface area contributed by atoms with Gasteiger partial charge < -0.3 is 0 Å². The number of hydrogen-bond acceptors (Lipinski definition) is 2. The van der Waals surface area contributed by atoms with E-state index in [1.54, 1.807) is 0 Å². The molecule has 2 heterocycles. The molecule has 0 amide bonds. The van der Waals surface area contributed by atoms with E-state index in [4.69, 9.17) is 11.6 Å². The Kier molecular flexibility index (Phi) is 3.22. The number of aryl methyl sites for hydroxylation is 1. The highest BCUT2D eigenvalue weighted by molar-refractivity contribution is 6.17. The first-order chi connectivity index (χ1) is 9.31. The van der Waals surface area contributed by atoms with Crippen LogP contribution in [-0.2, 0) is 12.3 Å². The first-order valence-corrected chi connectivity index (χ1v) is 6.84. The number of halogens is 1. The quantitative estimate of drug-likeness (QED) is 0.680. The summed E-state index contributed by atoms with van der Waals surface area (Å²) in [5, 5.41) is 5.54. The molecule has 1 aromatic carbocycles. The number of para-hydroxylation sites is 1. The number of rotatable bonds is 3. The van der Waals surface area contributed by atoms with Crippen molar-refractivity contribution in [1.82, 2.24) is 14.8 Å². The van der Waals surface area contributed by atoms with Gasteiger partial charge in [-0.1, -0.05) is 25.1 Å². The third-order valence-corrected chi connectivity index (χ3v) is 3.44. The van der Waals surface area contributed by atoms with Crippen LogP contribution in [0.1, 0.15) is 18.2 Å². The Bertz CT molecular complexity index is 696. The molecule has 3 rings (SSSR count). The zero-order valence-electron chi connectivity index (χ0n) is 10.7. The van der Waals surface area contributed by atoms with Crippen LogP contribution < -0.4 is 0 Å². The first-order valence-electron chi connectivity index (χ1n) is 6.30. The van der Waals surface area contributed by atoms with Crippen LogP contribution in [0.15, 0.2) is 42.6 Å². The Balaban J connectivity index is 2.20. The number of hydrogen-bond donors (Lipinski definition) is 0. The van der Waals surface area contributed by atoms with Crippen molar-refractivity contribution in [2.24, 2.45) is 0 Å². The van der Waals surface area contributed by atoms with Crippen molar-refractivity contribution in [3.05, 3.63) is 53.9 Å². The zero-order chi connectivity index (χ0) is 13.2. The van der Waals surface area contributed by atoms with Crippen molar-refractivity contribution in [3.63, 3.8) is 0 Å². The van der Waals surface area contributed by atoms with Crippen LogP contribution in [0.5, 0.6) is 0 Å². The zero-order valence-corrected chi connectivity index (χ0v) is 11.4. The minimum absolute atomic E-state index is 0.488. The largest absolute Gasteiger partial charge is 0.234 e. The van der Waals surface area contributed by atoms with Gasteiger partial charge in [0, 0.05) is 17.0 Å². The van der Waals surface area contributed by atoms with E-state index in [9.17, 15) is 0 Å². The normalized spacial score (nSPS) is 11.1. The van der Waals surface area contributed by atoms with Crippen molar-refractivity contribution in [2.45, 2.75) is 19.2 Å². The van der Waals surface area contributed by atoms with Crippen molar-refractivity contribution < 1.29 is 0 Å². The van der Waals surface area contributed by atoms with E-state index in [2.05, 4.69) is 17.0 Å². The number of pyridine rings is 1. The Labute approximate surface area is 116 Å². The van der Waals surface area contributed by atoms with Gasteiger partial charge in [-0.2, -0.15) is 5.10 Å². The Hall–Kier alpha value is -1.87. The molecule has 3 aromatic rings. The maximum absolute atomic E-state index is 5.95. The number of fused-ring (bicyclic) bond motifs is 1. The molecule has 0 bridgehead atoms. The van der Waals surface area contributed by atoms with Crippen molar-refractivity contribution in [1.29, 1.82) is 0 Å². The molecule has 0 N–H and O–H groups in total. The van der Waals surface area contributed by atoms with Crippen LogP contribution in [0.3, 0.4) is 0 Å². The van der Waals surface area contributed by atoms with E-state index in [-0.39, 0.29) is 0 Å². The summed E-state index contributed by atoms with van der Waals surface area (Å²) in [6.45, 7) is 2.09. The monoisotopic (exact) mass is 271 g/mol. The maximum Gasteiger partial charge on any atom is 0.154 e. The maximum atomic E-state index is 5.95. The molecule has 0 aliphatic heterocycles. The van der Waals surface area contributed by atoms with Gasteiger partial charge >= 0.3 is 0 Å². The van der Waals surface area contributed by atoms with Crippen LogP contribution >= 0.6 is 11.6 Å². The van der Waals surface area contributed by atoms with Gasteiger partial charge in [0.05, 0.1) is 11.7 Å². The Morgan fingerprint density at radius 1 is 1.21 bits per heavy atom. The SMILES string of the molecule is CCc1cc(CCl)cc(-n2ncc3ccccc32)n1. The van der Waals surface area contributed by atoms with Gasteiger partial charge in [0.2, 0.25) is 0 Å². The third kappa shape index (κ3) is 2.22. The summed E-state index contributed by atoms with van der Waals surface area (Å²) in [5.74, 6) is 1.32. The molecule has 0 unspecified atom stereocenters. The molecule has 0 fully saturated rings. The van der Waals surface area contributed by atoms with Crippen LogP contribution in [0.25, 0.3) is 16.7 Å². The second kappa shape index (κ2) is 5.02. The van der Waals surface area contributed by atoms with Crippen LogP contribution in [0.4, 0.5) is 0 Å². The van der Waals surface area contributed by atoms with Crippen molar-refractivity contribution in [2.75, 3.05) is 0 Å². The molecule has 96 valence electrons. The lowest BCUT2D eigenvalue weighted by atomic mass is 10.2. The molecule has 19 heavy (non-hydrogen) atoms. The van der Waals surface area contributed by atoms with E-state index in [1.165, 1.54) is 0 Å². The fourth-order valence-corrected chi connectivity index (χ4v) is 2.31. The highest BCUT2D eigenvalue weighted by atomic mass is 35.5. The van der Waals surface area contributed by atoms with Gasteiger partial charge in [0.15, 0.2) is 5.82 Å². The Morgan fingerprint density at radius 3 is 2.84 bits per heavy atom. The minimum Gasteiger partial charge on any atom is -0.234 e. The van der Waals surface area contributed by atoms with E-state index >= 15 is 0 Å². The molecule has 0 radical (unpaired) electrons. The second-order valence-electron chi connectivity index (χ2n) is 4.43. The van der Waals surface area contributed by atoms with Gasteiger partial charge in [0.1, 0.15) is 0 Å². The van der Waals surface area contributed by atoms with Gasteiger partial charge in [-0.3, -0.25) is 0 Å². The Morgan fingerprint density at radius 2 is 2.05 bits per heavy atom. The minimum atomic E-state index is 0.488. The van der Waals surface area contributed by atoms with Crippen LogP contribution in [-0.4, -0.2) is 14.8 Å². The van der Waals surface area contributed by atoms with E-state index in [1.807, 2.05) is 47.3 Å². The highest BCUT2D eigenvalue weighted by Gasteiger charge is 2.07. The summed E-state index contributed by atoms with van der Waals surface area (Å²) in [5.41, 5.74) is 3.17. The van der Waals surface area contributed by atoms with Gasteiger partial charge in [-0.05, 0) is 30.2 Å². The van der Waals surface area contributed by atoms with Gasteiger partial charge in [0.25, 0.3) is 0 Å². The first kappa shape index (κ1) is 12.2. The topological polar surface area (TPSA) is 30.7 Å². The van der Waals surface area contributed by atoms with Crippen molar-refractivity contribution in [3.8, 4) is 5.82 Å². The van der Waals surface area contributed by atoms with Crippen LogP contribution in [0.2, 0.25) is 0 Å². The molecular weight excluding hydrogens is 258 g/mol. The molecule has 4 heteroatoms. The second-order valence-corrected chi connectivity index (χ2v) is 4.69. The summed E-state index contributed by atoms with van der Waals surface area (Å²) in [7, 11) is 0. The summed E-state index contributed by atoms with van der Waals surface area (Å²) < 4.78 is 1.87. The average Bonchev–Trinajstić information content (AvgIpc) is 2.90. The standard InChI is InChI=1S/C15H14ClN3/c1-2-13-7-11(9-16)8-15(18-13)19-14-6-4-3-5-12(14)10-17-19/h3-8,10H,2,9H2,1H3. The smallest absolute Gasteiger partial charge is 0.154 e. The molecule has 2 aromatic heterocycles. The fourth-order valence-electron chi connectivity index (χ4n) is 2.15. The lowest BCUT2D eigenvalue weighted by Crippen LogP contribution is -2.03. The molecule has 0 saturated heterocycles. The summed E-state index contributed by atoms with van der Waals surface area (Å²) in [6, 6.07) is 12.1. The lowest BCUT2D eigenvalue weighted by Gasteiger charge is -2.07. The van der Waals surface area contributed by atoms with Crippen molar-refractivity contribution >= 4 is 22.5 Å². The molecule has 0 saturated carbocycles. The summed E-state index contributed by atoms with van der Waals surface area (Å²) in [6.07, 6.45) is 2.74. The molecule has 0 aliphatic rings. The van der Waals surface area contributed by atoms with Crippen LogP contribution in [0, 0.1) is 0 Å². The predicted octanol–water partition coefficient (Wildman–Crippen LogP) is 3.72. The molecule has 0 spiro atoms. The molecule has 0 aliphatic carbocycles. The highest BCUT2D eigenvalue weighted by Crippen LogP contribution is 2.19. The van der Waals surface area contributed by atoms with E-state index in [0.717, 1.165) is 34.4 Å². The number of aromatic nitrogens is 3. The van der Waals surface area contributed by atoms with E-state index in [0.29, 0.717) is 5.88 Å². The predicted molar refractivity (Wildman–Crippen MR) is 77.8 cm³/mol. The fraction of sp³-hybridized carbons (Fsp3) is 0.200. The molecular formula is C15H14ClN3. The summed E-state index contributed by atoms with van der Waals surface area (Å²) >= 11 is 5.95. The number of benzene rings is 1. The third-order valence-electron chi connectivity index (χ3n) is 3.14. The van der Waals surface area contributed by atoms with E-state index < -0.39 is 0 Å². The average molecular weight is 272 g/mol. The molecule has 0 atom stereocenters. The molecule has 3 nitrogen and oxygen atoms in total. The van der Waals surface area contributed by atoms with Gasteiger partial charge in [-0.15, -0.1) is 11.6 Å². The van der Waals surface area contributed by atoms with Gasteiger partial charge in [-0.25, -0.2) is 9.67 Å². The lowest BCUT2D eigenvalue weighted by molar-refractivity contribution is 0.853. The summed E-state index contributed by atoms with van der Waals surface area (Å²) in [4.78, 5) is 4.63. The number of nitrogens with zero attached hydrogens (tertiary/aromatic N) is 3. The number of alkyl halides is 1.